The summed E-state index contributed by atoms with van der Waals surface area (Å²) in [6.07, 6.45) is -2.76. The summed E-state index contributed by atoms with van der Waals surface area (Å²) in [6.45, 7) is 5.06. The maximum Gasteiger partial charge on any atom is 0.390 e. The standard InChI is InChI=1S/C28H35ClF3N5O/c1-4-6-10-23(25(5-2)36-22-9-7-8-21(29)17-22)24(33)18-35-27(38)37(16-15-28(30,31)32)26(34)20-13-11-19(3)12-14-20/h7-9,11-14,17,34H,4-6,10,15-16,18,33H2,1-3H3,(H,35,38)/b24-23-,34-26?,36-25?. The molecule has 0 atom stereocenters. The van der Waals surface area contributed by atoms with Crippen LogP contribution in [0.25, 0.3) is 0 Å². The maximum absolute atomic E-state index is 13.0. The van der Waals surface area contributed by atoms with E-state index >= 15 is 0 Å². The smallest absolute Gasteiger partial charge is 0.390 e. The van der Waals surface area contributed by atoms with Crippen molar-refractivity contribution in [3.05, 3.63) is 76.0 Å². The molecule has 6 nitrogen and oxygen atoms in total. The van der Waals surface area contributed by atoms with Crippen LogP contribution in [0.1, 0.15) is 57.1 Å². The van der Waals surface area contributed by atoms with Gasteiger partial charge in [0.1, 0.15) is 5.84 Å². The number of carbonyl (C=O) groups is 1. The summed E-state index contributed by atoms with van der Waals surface area (Å²) < 4.78 is 39.0. The summed E-state index contributed by atoms with van der Waals surface area (Å²) >= 11 is 6.10. The Labute approximate surface area is 227 Å². The van der Waals surface area contributed by atoms with E-state index in [-0.39, 0.29) is 12.4 Å². The average molecular weight is 550 g/mol. The Morgan fingerprint density at radius 1 is 1.16 bits per heavy atom. The van der Waals surface area contributed by atoms with Crippen molar-refractivity contribution in [2.24, 2.45) is 10.7 Å². The zero-order chi connectivity index (χ0) is 28.3. The van der Waals surface area contributed by atoms with E-state index in [1.54, 1.807) is 42.5 Å². The van der Waals surface area contributed by atoms with Crippen LogP contribution in [0.3, 0.4) is 0 Å². The van der Waals surface area contributed by atoms with Gasteiger partial charge in [-0.25, -0.2) is 4.79 Å². The lowest BCUT2D eigenvalue weighted by atomic mass is 9.99. The van der Waals surface area contributed by atoms with Crippen LogP contribution in [-0.2, 0) is 0 Å². The fourth-order valence-corrected chi connectivity index (χ4v) is 3.88. The molecule has 4 N–H and O–H groups in total. The highest BCUT2D eigenvalue weighted by molar-refractivity contribution is 6.30. The van der Waals surface area contributed by atoms with Gasteiger partial charge >= 0.3 is 12.2 Å². The largest absolute Gasteiger partial charge is 0.400 e. The lowest BCUT2D eigenvalue weighted by Crippen LogP contribution is -2.46. The van der Waals surface area contributed by atoms with Gasteiger partial charge in [0.25, 0.3) is 0 Å². The van der Waals surface area contributed by atoms with Crippen molar-refractivity contribution >= 4 is 34.9 Å². The number of aryl methyl sites for hydroxylation is 1. The van der Waals surface area contributed by atoms with Crippen molar-refractivity contribution in [3.63, 3.8) is 0 Å². The third-order valence-electron chi connectivity index (χ3n) is 5.81. The Kier molecular flexibility index (Phi) is 11.8. The van der Waals surface area contributed by atoms with E-state index in [0.717, 1.165) is 34.6 Å². The number of hydrogen-bond donors (Lipinski definition) is 3. The number of unbranched alkanes of at least 4 members (excludes halogenated alkanes) is 1. The van der Waals surface area contributed by atoms with Crippen molar-refractivity contribution in [1.82, 2.24) is 10.2 Å². The number of amidine groups is 1. The first kappa shape index (κ1) is 30.9. The number of benzene rings is 2. The lowest BCUT2D eigenvalue weighted by Gasteiger charge is -2.25. The second-order valence-electron chi connectivity index (χ2n) is 8.89. The van der Waals surface area contributed by atoms with Gasteiger partial charge in [0, 0.05) is 28.5 Å². The minimum Gasteiger partial charge on any atom is -0.400 e. The lowest BCUT2D eigenvalue weighted by molar-refractivity contribution is -0.135. The Bertz CT molecular complexity index is 1160. The van der Waals surface area contributed by atoms with Crippen molar-refractivity contribution in [1.29, 1.82) is 5.41 Å². The first-order valence-corrected chi connectivity index (χ1v) is 12.9. The topological polar surface area (TPSA) is 94.6 Å². The van der Waals surface area contributed by atoms with Crippen LogP contribution in [0.15, 0.2) is 64.8 Å². The second kappa shape index (κ2) is 14.6. The zero-order valence-corrected chi connectivity index (χ0v) is 22.7. The molecule has 38 heavy (non-hydrogen) atoms. The Hall–Kier alpha value is -3.33. The van der Waals surface area contributed by atoms with E-state index in [1.807, 2.05) is 26.8 Å². The molecule has 10 heteroatoms. The van der Waals surface area contributed by atoms with E-state index in [4.69, 9.17) is 27.7 Å². The van der Waals surface area contributed by atoms with Crippen molar-refractivity contribution < 1.29 is 18.0 Å². The molecule has 0 aromatic heterocycles. The minimum atomic E-state index is -4.48. The molecule has 2 amide bonds. The van der Waals surface area contributed by atoms with Crippen molar-refractivity contribution in [2.75, 3.05) is 13.1 Å². The number of nitrogens with zero attached hydrogens (tertiary/aromatic N) is 2. The fraction of sp³-hybridized carbons (Fsp3) is 0.393. The quantitative estimate of drug-likeness (QED) is 0.200. The second-order valence-corrected chi connectivity index (χ2v) is 9.33. The fourth-order valence-electron chi connectivity index (χ4n) is 3.70. The van der Waals surface area contributed by atoms with Crippen LogP contribution in [0.2, 0.25) is 5.02 Å². The minimum absolute atomic E-state index is 0.101. The molecule has 0 heterocycles. The predicted octanol–water partition coefficient (Wildman–Crippen LogP) is 7.52. The summed E-state index contributed by atoms with van der Waals surface area (Å²) in [5.74, 6) is -0.322. The van der Waals surface area contributed by atoms with Crippen LogP contribution >= 0.6 is 11.6 Å². The molecule has 2 aromatic carbocycles. The van der Waals surface area contributed by atoms with Crippen LogP contribution in [0.4, 0.5) is 23.7 Å². The number of nitrogens with two attached hydrogens (primary N) is 1. The first-order valence-electron chi connectivity index (χ1n) is 12.5. The van der Waals surface area contributed by atoms with Gasteiger partial charge in [-0.3, -0.25) is 15.3 Å². The number of allylic oxidation sites excluding steroid dienone is 1. The molecule has 2 rings (SSSR count). The maximum atomic E-state index is 13.0. The molecule has 206 valence electrons. The van der Waals surface area contributed by atoms with Gasteiger partial charge in [-0.15, -0.1) is 0 Å². The van der Waals surface area contributed by atoms with E-state index in [1.165, 1.54) is 0 Å². The molecule has 0 spiro atoms. The van der Waals surface area contributed by atoms with E-state index < -0.39 is 25.2 Å². The van der Waals surface area contributed by atoms with Crippen molar-refractivity contribution in [3.8, 4) is 0 Å². The number of hydrogen-bond acceptors (Lipinski definition) is 4. The van der Waals surface area contributed by atoms with Gasteiger partial charge in [-0.05, 0) is 50.0 Å². The molecule has 2 aromatic rings. The van der Waals surface area contributed by atoms with Crippen LogP contribution in [-0.4, -0.2) is 41.7 Å². The molecule has 0 unspecified atom stereocenters. The van der Waals surface area contributed by atoms with Crippen LogP contribution in [0, 0.1) is 12.3 Å². The third-order valence-corrected chi connectivity index (χ3v) is 6.05. The molecule has 0 saturated carbocycles. The van der Waals surface area contributed by atoms with Gasteiger partial charge in [0.15, 0.2) is 0 Å². The van der Waals surface area contributed by atoms with Crippen LogP contribution < -0.4 is 11.1 Å². The summed E-state index contributed by atoms with van der Waals surface area (Å²) in [7, 11) is 0. The normalized spacial score (nSPS) is 12.7. The molecule has 0 bridgehead atoms. The Balaban J connectivity index is 2.31. The number of rotatable bonds is 11. The number of amides is 2. The predicted molar refractivity (Wildman–Crippen MR) is 148 cm³/mol. The number of carbonyl (C=O) groups excluding carboxylic acids is 1. The monoisotopic (exact) mass is 549 g/mol. The molecule has 0 aliphatic carbocycles. The first-order chi connectivity index (χ1) is 17.9. The SMILES string of the molecule is CCCC/C(C(CC)=Nc1cccc(Cl)c1)=C(/N)CNC(=O)N(CCC(F)(F)F)C(=N)c1ccc(C)cc1. The van der Waals surface area contributed by atoms with E-state index in [9.17, 15) is 18.0 Å². The summed E-state index contributed by atoms with van der Waals surface area (Å²) in [5.41, 5.74) is 10.2. The Morgan fingerprint density at radius 2 is 1.84 bits per heavy atom. The highest BCUT2D eigenvalue weighted by Crippen LogP contribution is 2.23. The number of nitrogens with one attached hydrogen (secondary N) is 2. The van der Waals surface area contributed by atoms with Crippen molar-refractivity contribution in [2.45, 2.75) is 59.1 Å². The highest BCUT2D eigenvalue weighted by atomic mass is 35.5. The van der Waals surface area contributed by atoms with E-state index in [0.29, 0.717) is 34.8 Å². The molecular formula is C28H35ClF3N5O. The van der Waals surface area contributed by atoms with Crippen LogP contribution in [0.5, 0.6) is 0 Å². The molecule has 0 saturated heterocycles. The Morgan fingerprint density at radius 3 is 2.42 bits per heavy atom. The number of halogens is 4. The average Bonchev–Trinajstić information content (AvgIpc) is 2.86. The summed E-state index contributed by atoms with van der Waals surface area (Å²) in [5, 5.41) is 11.6. The molecule has 0 fully saturated rings. The highest BCUT2D eigenvalue weighted by Gasteiger charge is 2.30. The van der Waals surface area contributed by atoms with Gasteiger partial charge in [0.05, 0.1) is 18.7 Å². The zero-order valence-electron chi connectivity index (χ0n) is 22.0. The molecular weight excluding hydrogens is 515 g/mol. The molecule has 0 radical (unpaired) electrons. The summed E-state index contributed by atoms with van der Waals surface area (Å²) in [6, 6.07) is 12.9. The van der Waals surface area contributed by atoms with Gasteiger partial charge in [-0.1, -0.05) is 67.8 Å². The molecule has 0 aliphatic rings. The third kappa shape index (κ3) is 9.85. The number of alkyl halides is 3. The number of aliphatic imine (C=N–C) groups is 1. The summed E-state index contributed by atoms with van der Waals surface area (Å²) in [4.78, 5) is 18.5. The van der Waals surface area contributed by atoms with Gasteiger partial charge in [0.2, 0.25) is 0 Å². The van der Waals surface area contributed by atoms with E-state index in [2.05, 4.69) is 5.32 Å². The van der Waals surface area contributed by atoms with Gasteiger partial charge in [-0.2, -0.15) is 13.2 Å². The molecule has 0 aliphatic heterocycles. The number of urea groups is 1. The van der Waals surface area contributed by atoms with Gasteiger partial charge < -0.3 is 11.1 Å².